The molecule has 1 heterocycles. The topological polar surface area (TPSA) is 44.8 Å². The zero-order valence-corrected chi connectivity index (χ0v) is 11.1. The van der Waals surface area contributed by atoms with Crippen LogP contribution in [0.2, 0.25) is 0 Å². The van der Waals surface area contributed by atoms with Crippen molar-refractivity contribution in [2.75, 3.05) is 19.8 Å². The van der Waals surface area contributed by atoms with E-state index in [2.05, 4.69) is 15.9 Å². The lowest BCUT2D eigenvalue weighted by Gasteiger charge is -2.19. The van der Waals surface area contributed by atoms with Crippen molar-refractivity contribution in [1.29, 1.82) is 0 Å². The van der Waals surface area contributed by atoms with Gasteiger partial charge in [-0.2, -0.15) is 0 Å². The average Bonchev–Trinajstić information content (AvgIpc) is 2.30. The summed E-state index contributed by atoms with van der Waals surface area (Å²) in [4.78, 5) is 11.4. The van der Waals surface area contributed by atoms with Gasteiger partial charge in [-0.15, -0.1) is 0 Å². The van der Waals surface area contributed by atoms with E-state index in [-0.39, 0.29) is 12.4 Å². The Hall–Kier alpha value is -1.23. The molecule has 0 amide bonds. The fourth-order valence-electron chi connectivity index (χ4n) is 1.61. The quantitative estimate of drug-likeness (QED) is 0.804. The van der Waals surface area contributed by atoms with Gasteiger partial charge in [-0.25, -0.2) is 0 Å². The Morgan fingerprint density at radius 2 is 2.00 bits per heavy atom. The highest BCUT2D eigenvalue weighted by molar-refractivity contribution is 9.10. The number of benzene rings is 1. The van der Waals surface area contributed by atoms with E-state index in [0.717, 1.165) is 10.0 Å². The lowest BCUT2D eigenvalue weighted by molar-refractivity contribution is -0.142. The number of fused-ring (bicyclic) bond motifs is 1. The third kappa shape index (κ3) is 2.91. The molecule has 0 radical (unpaired) electrons. The van der Waals surface area contributed by atoms with E-state index in [1.807, 2.05) is 12.1 Å². The van der Waals surface area contributed by atoms with Crippen LogP contribution in [0.15, 0.2) is 16.6 Å². The van der Waals surface area contributed by atoms with Crippen molar-refractivity contribution >= 4 is 21.9 Å². The summed E-state index contributed by atoms with van der Waals surface area (Å²) >= 11 is 3.41. The molecule has 5 heteroatoms. The number of hydrogen-bond acceptors (Lipinski definition) is 4. The first kappa shape index (κ1) is 12.2. The molecule has 0 spiro atoms. The number of carbonyl (C=O) groups is 1. The van der Waals surface area contributed by atoms with Crippen LogP contribution in [-0.2, 0) is 16.0 Å². The highest BCUT2D eigenvalue weighted by Crippen LogP contribution is 2.35. The van der Waals surface area contributed by atoms with Crippen molar-refractivity contribution in [3.05, 3.63) is 22.2 Å². The molecule has 92 valence electrons. The van der Waals surface area contributed by atoms with Gasteiger partial charge in [-0.1, -0.05) is 15.9 Å². The number of rotatable bonds is 3. The molecule has 1 aromatic rings. The minimum Gasteiger partial charge on any atom is -0.486 e. The SMILES string of the molecule is CCOC(=O)Cc1cc2c(cc1Br)OCCO2. The molecular formula is C12H13BrO4. The van der Waals surface area contributed by atoms with E-state index in [0.29, 0.717) is 31.3 Å². The van der Waals surface area contributed by atoms with E-state index in [9.17, 15) is 4.79 Å². The van der Waals surface area contributed by atoms with Crippen LogP contribution in [-0.4, -0.2) is 25.8 Å². The minimum absolute atomic E-state index is 0.227. The monoisotopic (exact) mass is 300 g/mol. The van der Waals surface area contributed by atoms with Crippen LogP contribution < -0.4 is 9.47 Å². The Morgan fingerprint density at radius 3 is 2.65 bits per heavy atom. The second-order valence-electron chi connectivity index (χ2n) is 3.57. The lowest BCUT2D eigenvalue weighted by atomic mass is 10.1. The number of ether oxygens (including phenoxy) is 3. The van der Waals surface area contributed by atoms with Gasteiger partial charge in [0.05, 0.1) is 13.0 Å². The minimum atomic E-state index is -0.245. The fraction of sp³-hybridized carbons (Fsp3) is 0.417. The van der Waals surface area contributed by atoms with Gasteiger partial charge in [0, 0.05) is 4.47 Å². The van der Waals surface area contributed by atoms with Crippen LogP contribution in [0.5, 0.6) is 11.5 Å². The van der Waals surface area contributed by atoms with Gasteiger partial charge in [0.2, 0.25) is 0 Å². The van der Waals surface area contributed by atoms with Crippen LogP contribution >= 0.6 is 15.9 Å². The third-order valence-corrected chi connectivity index (χ3v) is 3.09. The summed E-state index contributed by atoms with van der Waals surface area (Å²) in [6.07, 6.45) is 0.227. The predicted octanol–water partition coefficient (Wildman–Crippen LogP) is 2.33. The molecule has 0 saturated heterocycles. The summed E-state index contributed by atoms with van der Waals surface area (Å²) in [5.74, 6) is 1.14. The first-order valence-electron chi connectivity index (χ1n) is 5.44. The summed E-state index contributed by atoms with van der Waals surface area (Å²) < 4.78 is 16.6. The molecule has 0 bridgehead atoms. The van der Waals surface area contributed by atoms with Crippen molar-refractivity contribution in [2.45, 2.75) is 13.3 Å². The summed E-state index contributed by atoms with van der Waals surface area (Å²) in [6, 6.07) is 3.64. The Kier molecular flexibility index (Phi) is 3.89. The molecule has 0 atom stereocenters. The summed E-state index contributed by atoms with van der Waals surface area (Å²) in [7, 11) is 0. The summed E-state index contributed by atoms with van der Waals surface area (Å²) in [5.41, 5.74) is 0.840. The zero-order valence-electron chi connectivity index (χ0n) is 9.49. The van der Waals surface area contributed by atoms with Crippen LogP contribution in [0.25, 0.3) is 0 Å². The molecule has 0 unspecified atom stereocenters. The smallest absolute Gasteiger partial charge is 0.310 e. The molecule has 0 saturated carbocycles. The van der Waals surface area contributed by atoms with E-state index in [1.54, 1.807) is 6.92 Å². The van der Waals surface area contributed by atoms with Gasteiger partial charge in [0.15, 0.2) is 11.5 Å². The summed E-state index contributed by atoms with van der Waals surface area (Å²) in [6.45, 7) is 3.27. The Bertz CT molecular complexity index is 431. The van der Waals surface area contributed by atoms with Crippen molar-refractivity contribution in [3.8, 4) is 11.5 Å². The number of hydrogen-bond donors (Lipinski definition) is 0. The van der Waals surface area contributed by atoms with Crippen molar-refractivity contribution in [2.24, 2.45) is 0 Å². The van der Waals surface area contributed by atoms with E-state index < -0.39 is 0 Å². The predicted molar refractivity (Wildman–Crippen MR) is 65.5 cm³/mol. The second kappa shape index (κ2) is 5.40. The zero-order chi connectivity index (χ0) is 12.3. The maximum absolute atomic E-state index is 11.4. The number of carbonyl (C=O) groups excluding carboxylic acids is 1. The first-order valence-corrected chi connectivity index (χ1v) is 6.23. The molecule has 2 rings (SSSR count). The molecule has 0 aromatic heterocycles. The van der Waals surface area contributed by atoms with Crippen LogP contribution in [0.1, 0.15) is 12.5 Å². The standard InChI is InChI=1S/C12H13BrO4/c1-2-15-12(14)6-8-5-10-11(7-9(8)13)17-4-3-16-10/h5,7H,2-4,6H2,1H3. The van der Waals surface area contributed by atoms with Gasteiger partial charge >= 0.3 is 5.97 Å². The van der Waals surface area contributed by atoms with Crippen molar-refractivity contribution in [1.82, 2.24) is 0 Å². The molecule has 17 heavy (non-hydrogen) atoms. The van der Waals surface area contributed by atoms with E-state index in [1.165, 1.54) is 0 Å². The van der Waals surface area contributed by atoms with Gasteiger partial charge in [-0.3, -0.25) is 4.79 Å². The van der Waals surface area contributed by atoms with Gasteiger partial charge in [0.1, 0.15) is 13.2 Å². The largest absolute Gasteiger partial charge is 0.486 e. The molecule has 1 aliphatic heterocycles. The van der Waals surface area contributed by atoms with Crippen molar-refractivity contribution < 1.29 is 19.0 Å². The first-order chi connectivity index (χ1) is 8.20. The van der Waals surface area contributed by atoms with E-state index in [4.69, 9.17) is 14.2 Å². The normalized spacial score (nSPS) is 13.3. The van der Waals surface area contributed by atoms with Gasteiger partial charge in [0.25, 0.3) is 0 Å². The Morgan fingerprint density at radius 1 is 1.35 bits per heavy atom. The lowest BCUT2D eigenvalue weighted by Crippen LogP contribution is -2.16. The third-order valence-electron chi connectivity index (χ3n) is 2.35. The Labute approximate surface area is 108 Å². The Balaban J connectivity index is 2.19. The molecule has 1 aromatic carbocycles. The van der Waals surface area contributed by atoms with Crippen molar-refractivity contribution in [3.63, 3.8) is 0 Å². The second-order valence-corrected chi connectivity index (χ2v) is 4.42. The maximum atomic E-state index is 11.4. The molecule has 4 nitrogen and oxygen atoms in total. The molecular weight excluding hydrogens is 288 g/mol. The highest BCUT2D eigenvalue weighted by Gasteiger charge is 2.16. The molecule has 0 fully saturated rings. The van der Waals surface area contributed by atoms with E-state index >= 15 is 0 Å². The maximum Gasteiger partial charge on any atom is 0.310 e. The van der Waals surface area contributed by atoms with Crippen LogP contribution in [0, 0.1) is 0 Å². The van der Waals surface area contributed by atoms with Crippen LogP contribution in [0.4, 0.5) is 0 Å². The molecule has 1 aliphatic rings. The summed E-state index contributed by atoms with van der Waals surface area (Å²) in [5, 5.41) is 0. The molecule has 0 aliphatic carbocycles. The van der Waals surface area contributed by atoms with Gasteiger partial charge in [-0.05, 0) is 24.6 Å². The van der Waals surface area contributed by atoms with Crippen LogP contribution in [0.3, 0.4) is 0 Å². The fourth-order valence-corrected chi connectivity index (χ4v) is 2.07. The highest BCUT2D eigenvalue weighted by atomic mass is 79.9. The average molecular weight is 301 g/mol. The van der Waals surface area contributed by atoms with Gasteiger partial charge < -0.3 is 14.2 Å². The number of halogens is 1. The number of esters is 1. The molecule has 0 N–H and O–H groups in total.